The molecule has 2 amide bonds. The van der Waals surface area contributed by atoms with Gasteiger partial charge in [-0.15, -0.1) is 0 Å². The Morgan fingerprint density at radius 1 is 1.00 bits per heavy atom. The van der Waals surface area contributed by atoms with E-state index in [1.165, 1.54) is 5.56 Å². The number of furan rings is 2. The van der Waals surface area contributed by atoms with Crippen LogP contribution in [0.2, 0.25) is 0 Å². The fourth-order valence-electron chi connectivity index (χ4n) is 5.72. The summed E-state index contributed by atoms with van der Waals surface area (Å²) in [7, 11) is 0. The Kier molecular flexibility index (Phi) is 6.14. The average molecular weight is 510 g/mol. The summed E-state index contributed by atoms with van der Waals surface area (Å²) in [6.45, 7) is 6.64. The number of hydrazone groups is 1. The van der Waals surface area contributed by atoms with Crippen LogP contribution in [-0.4, -0.2) is 24.1 Å². The van der Waals surface area contributed by atoms with E-state index in [9.17, 15) is 9.59 Å². The first kappa shape index (κ1) is 24.2. The summed E-state index contributed by atoms with van der Waals surface area (Å²) in [5.74, 6) is 0.794. The molecular weight excluding hydrogens is 478 g/mol. The van der Waals surface area contributed by atoms with Crippen molar-refractivity contribution in [3.8, 4) is 0 Å². The van der Waals surface area contributed by atoms with Crippen LogP contribution in [0.4, 0.5) is 5.69 Å². The maximum absolute atomic E-state index is 13.6. The van der Waals surface area contributed by atoms with E-state index in [0.29, 0.717) is 18.7 Å². The molecule has 1 N–H and O–H groups in total. The van der Waals surface area contributed by atoms with Gasteiger partial charge in [0.2, 0.25) is 5.91 Å². The standard InChI is InChI=1S/C31H31N3O4/c1-18-13-14-23-22(17-37-29(23)19(18)2)16-27(35)33-32-24-10-6-12-26-28(24)20(3)30(38-26)31(36)34-15-7-9-21-8-4-5-11-25(21)34/h4-5,8,11,13-14,17H,6-7,9-10,12,15-16H2,1-3H3,(H,33,35)/b32-24+. The molecule has 2 aromatic carbocycles. The van der Waals surface area contributed by atoms with E-state index in [-0.39, 0.29) is 18.2 Å². The lowest BCUT2D eigenvalue weighted by Crippen LogP contribution is -2.35. The zero-order valence-corrected chi connectivity index (χ0v) is 22.0. The van der Waals surface area contributed by atoms with Crippen LogP contribution in [0.15, 0.2) is 56.6 Å². The normalized spacial score (nSPS) is 16.0. The molecule has 0 fully saturated rings. The monoisotopic (exact) mass is 509 g/mol. The molecule has 2 aliphatic rings. The van der Waals surface area contributed by atoms with E-state index >= 15 is 0 Å². The molecule has 0 bridgehead atoms. The van der Waals surface area contributed by atoms with Gasteiger partial charge in [-0.1, -0.05) is 30.3 Å². The maximum atomic E-state index is 13.6. The highest BCUT2D eigenvalue weighted by atomic mass is 16.4. The van der Waals surface area contributed by atoms with E-state index in [4.69, 9.17) is 8.83 Å². The Balaban J connectivity index is 1.23. The van der Waals surface area contributed by atoms with Gasteiger partial charge in [0, 0.05) is 40.7 Å². The van der Waals surface area contributed by atoms with Crippen molar-refractivity contribution in [1.82, 2.24) is 5.43 Å². The Morgan fingerprint density at radius 3 is 2.71 bits per heavy atom. The van der Waals surface area contributed by atoms with Gasteiger partial charge in [0.1, 0.15) is 11.3 Å². The predicted molar refractivity (Wildman–Crippen MR) is 147 cm³/mol. The summed E-state index contributed by atoms with van der Waals surface area (Å²) in [6, 6.07) is 12.1. The second kappa shape index (κ2) is 9.63. The van der Waals surface area contributed by atoms with Crippen molar-refractivity contribution in [2.45, 2.75) is 59.3 Å². The first-order valence-electron chi connectivity index (χ1n) is 13.3. The second-order valence-electron chi connectivity index (χ2n) is 10.3. The number of benzene rings is 2. The van der Waals surface area contributed by atoms with Crippen LogP contribution in [-0.2, 0) is 24.1 Å². The molecule has 1 aliphatic carbocycles. The molecule has 0 saturated carbocycles. The summed E-state index contributed by atoms with van der Waals surface area (Å²) in [4.78, 5) is 28.3. The molecule has 0 atom stereocenters. The number of nitrogens with zero attached hydrogens (tertiary/aromatic N) is 2. The van der Waals surface area contributed by atoms with Gasteiger partial charge in [-0.2, -0.15) is 5.10 Å². The van der Waals surface area contributed by atoms with Crippen molar-refractivity contribution in [2.24, 2.45) is 5.10 Å². The van der Waals surface area contributed by atoms with Crippen molar-refractivity contribution in [1.29, 1.82) is 0 Å². The fourth-order valence-corrected chi connectivity index (χ4v) is 5.72. The number of aryl methyl sites for hydroxylation is 4. The van der Waals surface area contributed by atoms with E-state index in [1.54, 1.807) is 6.26 Å². The Labute approximate surface area is 221 Å². The first-order valence-corrected chi connectivity index (χ1v) is 13.3. The van der Waals surface area contributed by atoms with Crippen LogP contribution in [0.5, 0.6) is 0 Å². The second-order valence-corrected chi connectivity index (χ2v) is 10.3. The number of carbonyl (C=O) groups excluding carboxylic acids is 2. The van der Waals surface area contributed by atoms with Crippen LogP contribution >= 0.6 is 0 Å². The number of anilines is 1. The molecule has 0 saturated heterocycles. The number of hydrogen-bond donors (Lipinski definition) is 1. The van der Waals surface area contributed by atoms with Gasteiger partial charge in [0.15, 0.2) is 5.76 Å². The zero-order chi connectivity index (χ0) is 26.4. The van der Waals surface area contributed by atoms with Crippen molar-refractivity contribution < 1.29 is 18.4 Å². The molecule has 4 aromatic rings. The SMILES string of the molecule is Cc1ccc2c(CC(=O)N/N=C3\CCCc4oc(C(=O)N5CCCc6ccccc65)c(C)c43)coc2c1C. The van der Waals surface area contributed by atoms with Crippen LogP contribution < -0.4 is 10.3 Å². The minimum absolute atomic E-state index is 0.121. The van der Waals surface area contributed by atoms with E-state index in [2.05, 4.69) is 16.6 Å². The Morgan fingerprint density at radius 2 is 1.84 bits per heavy atom. The minimum Gasteiger partial charge on any atom is -0.464 e. The fraction of sp³-hybridized carbons (Fsp3) is 0.323. The van der Waals surface area contributed by atoms with Crippen LogP contribution in [0.3, 0.4) is 0 Å². The van der Waals surface area contributed by atoms with Gasteiger partial charge in [-0.3, -0.25) is 9.59 Å². The number of carbonyl (C=O) groups is 2. The molecule has 7 nitrogen and oxygen atoms in total. The number of nitrogens with one attached hydrogen (secondary N) is 1. The molecule has 2 aromatic heterocycles. The molecular formula is C31H31N3O4. The van der Waals surface area contributed by atoms with Crippen molar-refractivity contribution in [3.63, 3.8) is 0 Å². The molecule has 1 aliphatic heterocycles. The van der Waals surface area contributed by atoms with Crippen LogP contribution in [0, 0.1) is 20.8 Å². The molecule has 3 heterocycles. The molecule has 194 valence electrons. The molecule has 7 heteroatoms. The molecule has 0 spiro atoms. The highest BCUT2D eigenvalue weighted by molar-refractivity contribution is 6.10. The maximum Gasteiger partial charge on any atom is 0.294 e. The lowest BCUT2D eigenvalue weighted by Gasteiger charge is -2.28. The Bertz CT molecular complexity index is 1610. The van der Waals surface area contributed by atoms with Gasteiger partial charge in [0.05, 0.1) is 18.4 Å². The van der Waals surface area contributed by atoms with E-state index in [1.807, 2.05) is 56.0 Å². The predicted octanol–water partition coefficient (Wildman–Crippen LogP) is 5.94. The molecule has 38 heavy (non-hydrogen) atoms. The highest BCUT2D eigenvalue weighted by Gasteiger charge is 2.32. The van der Waals surface area contributed by atoms with Gasteiger partial charge >= 0.3 is 0 Å². The minimum atomic E-state index is -0.215. The van der Waals surface area contributed by atoms with Gasteiger partial charge in [-0.05, 0) is 69.2 Å². The van der Waals surface area contributed by atoms with Gasteiger partial charge < -0.3 is 13.7 Å². The summed E-state index contributed by atoms with van der Waals surface area (Å²) in [6.07, 6.45) is 6.01. The zero-order valence-electron chi connectivity index (χ0n) is 22.0. The average Bonchev–Trinajstić information content (AvgIpc) is 3.50. The molecule has 6 rings (SSSR count). The summed E-state index contributed by atoms with van der Waals surface area (Å²) in [5.41, 5.74) is 11.1. The van der Waals surface area contributed by atoms with Crippen molar-refractivity contribution in [3.05, 3.63) is 87.6 Å². The third-order valence-electron chi connectivity index (χ3n) is 7.88. The van der Waals surface area contributed by atoms with Crippen LogP contribution in [0.25, 0.3) is 11.0 Å². The smallest absolute Gasteiger partial charge is 0.294 e. The van der Waals surface area contributed by atoms with Crippen molar-refractivity contribution in [2.75, 3.05) is 11.4 Å². The quantitative estimate of drug-likeness (QED) is 0.345. The number of para-hydroxylation sites is 1. The molecule has 0 unspecified atom stereocenters. The van der Waals surface area contributed by atoms with E-state index < -0.39 is 0 Å². The third-order valence-corrected chi connectivity index (χ3v) is 7.88. The van der Waals surface area contributed by atoms with Crippen molar-refractivity contribution >= 4 is 34.2 Å². The van der Waals surface area contributed by atoms with Gasteiger partial charge in [-0.25, -0.2) is 5.43 Å². The lowest BCUT2D eigenvalue weighted by atomic mass is 9.93. The summed E-state index contributed by atoms with van der Waals surface area (Å²) in [5, 5.41) is 5.45. The van der Waals surface area contributed by atoms with Crippen LogP contribution in [0.1, 0.15) is 69.0 Å². The summed E-state index contributed by atoms with van der Waals surface area (Å²) >= 11 is 0. The lowest BCUT2D eigenvalue weighted by molar-refractivity contribution is -0.120. The largest absolute Gasteiger partial charge is 0.464 e. The van der Waals surface area contributed by atoms with E-state index in [0.717, 1.165) is 81.6 Å². The number of amides is 2. The first-order chi connectivity index (χ1) is 18.4. The van der Waals surface area contributed by atoms with Gasteiger partial charge in [0.25, 0.3) is 5.91 Å². The topological polar surface area (TPSA) is 88.0 Å². The number of fused-ring (bicyclic) bond motifs is 3. The Hall–Kier alpha value is -4.13. The third kappa shape index (κ3) is 4.12. The number of rotatable bonds is 4. The molecule has 0 radical (unpaired) electrons. The summed E-state index contributed by atoms with van der Waals surface area (Å²) < 4.78 is 11.9. The highest BCUT2D eigenvalue weighted by Crippen LogP contribution is 2.34. The number of hydrogen-bond acceptors (Lipinski definition) is 5.